The first-order valence-electron chi connectivity index (χ1n) is 8.01. The van der Waals surface area contributed by atoms with Gasteiger partial charge in [0, 0.05) is 17.5 Å². The smallest absolute Gasteiger partial charge is 0.320 e. The number of carbonyl (C=O) groups excluding carboxylic acids is 1. The molecule has 1 heterocycles. The summed E-state index contributed by atoms with van der Waals surface area (Å²) in [4.78, 5) is 23.0. The molecule has 1 atom stereocenters. The summed E-state index contributed by atoms with van der Waals surface area (Å²) in [5.74, 6) is -0.0576. The lowest BCUT2D eigenvalue weighted by Gasteiger charge is -2.31. The van der Waals surface area contributed by atoms with Crippen LogP contribution < -0.4 is 10.1 Å². The molecule has 0 bridgehead atoms. The van der Waals surface area contributed by atoms with Gasteiger partial charge in [-0.15, -0.1) is 0 Å². The topological polar surface area (TPSA) is 84.9 Å². The molecule has 3 rings (SSSR count). The number of benzene rings is 2. The van der Waals surface area contributed by atoms with Crippen molar-refractivity contribution in [2.24, 2.45) is 0 Å². The minimum atomic E-state index is -1.01. The van der Waals surface area contributed by atoms with E-state index in [4.69, 9.17) is 4.74 Å². The Kier molecular flexibility index (Phi) is 5.00. The molecule has 0 aromatic heterocycles. The molecule has 6 nitrogen and oxygen atoms in total. The second kappa shape index (κ2) is 7.36. The van der Waals surface area contributed by atoms with E-state index in [2.05, 4.69) is 10.1 Å². The van der Waals surface area contributed by atoms with Crippen LogP contribution in [-0.4, -0.2) is 30.2 Å². The number of rotatable bonds is 6. The van der Waals surface area contributed by atoms with Gasteiger partial charge >= 0.3 is 11.9 Å². The molecule has 1 aliphatic heterocycles. The van der Waals surface area contributed by atoms with E-state index in [1.54, 1.807) is 0 Å². The van der Waals surface area contributed by atoms with Crippen LogP contribution in [0.4, 0.5) is 0 Å². The molecule has 6 heteroatoms. The Bertz CT molecular complexity index is 743. The number of aliphatic carboxylic acids is 1. The average Bonchev–Trinajstić information content (AvgIpc) is 2.63. The number of esters is 1. The van der Waals surface area contributed by atoms with E-state index in [9.17, 15) is 14.7 Å². The van der Waals surface area contributed by atoms with Crippen LogP contribution in [0, 0.1) is 0 Å². The molecule has 2 N–H and O–H groups in total. The lowest BCUT2D eigenvalue weighted by Crippen LogP contribution is -2.40. The van der Waals surface area contributed by atoms with Gasteiger partial charge < -0.3 is 14.6 Å². The van der Waals surface area contributed by atoms with Crippen LogP contribution in [0.15, 0.2) is 48.5 Å². The van der Waals surface area contributed by atoms with Gasteiger partial charge in [0.1, 0.15) is 17.5 Å². The molecule has 0 unspecified atom stereocenters. The predicted octanol–water partition coefficient (Wildman–Crippen LogP) is 2.88. The number of nitrogens with one attached hydrogen (secondary N) is 1. The van der Waals surface area contributed by atoms with Gasteiger partial charge in [-0.2, -0.15) is 0 Å². The Balaban J connectivity index is 1.90. The van der Waals surface area contributed by atoms with E-state index in [1.807, 2.05) is 48.5 Å². The van der Waals surface area contributed by atoms with Crippen molar-refractivity contribution in [3.63, 3.8) is 0 Å². The summed E-state index contributed by atoms with van der Waals surface area (Å²) in [6.45, 7) is 0. The first-order chi connectivity index (χ1) is 12.1. The Labute approximate surface area is 145 Å². The molecule has 1 aliphatic rings. The predicted molar refractivity (Wildman–Crippen MR) is 90.6 cm³/mol. The minimum Gasteiger partial charge on any atom is -0.480 e. The van der Waals surface area contributed by atoms with Crippen LogP contribution in [0.2, 0.25) is 0 Å². The third kappa shape index (κ3) is 3.64. The molecule has 25 heavy (non-hydrogen) atoms. The van der Waals surface area contributed by atoms with Gasteiger partial charge in [0.15, 0.2) is 0 Å². The third-order valence-electron chi connectivity index (χ3n) is 4.21. The van der Waals surface area contributed by atoms with Gasteiger partial charge in [0.2, 0.25) is 0 Å². The molecule has 0 saturated heterocycles. The third-order valence-corrected chi connectivity index (χ3v) is 4.21. The molecule has 0 saturated carbocycles. The van der Waals surface area contributed by atoms with Gasteiger partial charge in [0.05, 0.1) is 13.2 Å². The fraction of sp³-hybridized carbons (Fsp3) is 0.263. The van der Waals surface area contributed by atoms with Crippen LogP contribution in [0.1, 0.15) is 30.0 Å². The summed E-state index contributed by atoms with van der Waals surface area (Å²) in [5, 5.41) is 12.7. The molecule has 2 aromatic rings. The highest BCUT2D eigenvalue weighted by atomic mass is 16.5. The lowest BCUT2D eigenvalue weighted by atomic mass is 9.93. The zero-order valence-corrected chi connectivity index (χ0v) is 13.8. The molecule has 2 aromatic carbocycles. The van der Waals surface area contributed by atoms with E-state index < -0.39 is 18.0 Å². The van der Waals surface area contributed by atoms with E-state index >= 15 is 0 Å². The van der Waals surface area contributed by atoms with Gasteiger partial charge in [-0.3, -0.25) is 14.9 Å². The highest BCUT2D eigenvalue weighted by molar-refractivity contribution is 5.76. The highest BCUT2D eigenvalue weighted by Crippen LogP contribution is 2.42. The number of fused-ring (bicyclic) bond motifs is 2. The van der Waals surface area contributed by atoms with Gasteiger partial charge in [-0.25, -0.2) is 0 Å². The lowest BCUT2D eigenvalue weighted by molar-refractivity contribution is -0.142. The maximum absolute atomic E-state index is 11.7. The van der Waals surface area contributed by atoms with E-state index in [1.165, 1.54) is 7.11 Å². The van der Waals surface area contributed by atoms with Crippen LogP contribution in [0.3, 0.4) is 0 Å². The van der Waals surface area contributed by atoms with Crippen molar-refractivity contribution in [2.75, 3.05) is 7.11 Å². The zero-order chi connectivity index (χ0) is 17.8. The Morgan fingerprint density at radius 2 is 1.68 bits per heavy atom. The normalized spacial score (nSPS) is 14.0. The second-order valence-electron chi connectivity index (χ2n) is 5.78. The molecular formula is C19H19NO5. The molecule has 0 aliphatic carbocycles. The SMILES string of the molecule is COC(=O)CC[C@H](NC1c2ccccc2Oc2ccccc21)C(=O)O. The maximum atomic E-state index is 11.7. The number of para-hydroxylation sites is 2. The van der Waals surface area contributed by atoms with Crippen LogP contribution in [0.5, 0.6) is 11.5 Å². The first kappa shape index (κ1) is 17.0. The van der Waals surface area contributed by atoms with Crippen molar-refractivity contribution in [1.29, 1.82) is 0 Å². The monoisotopic (exact) mass is 341 g/mol. The fourth-order valence-corrected chi connectivity index (χ4v) is 2.93. The average molecular weight is 341 g/mol. The Hall–Kier alpha value is -2.86. The number of carboxylic acid groups (broad SMARTS) is 1. The Morgan fingerprint density at radius 1 is 1.12 bits per heavy atom. The quantitative estimate of drug-likeness (QED) is 0.786. The summed E-state index contributed by atoms with van der Waals surface area (Å²) < 4.78 is 10.5. The molecule has 0 radical (unpaired) electrons. The zero-order valence-electron chi connectivity index (χ0n) is 13.8. The van der Waals surface area contributed by atoms with Crippen molar-refractivity contribution in [2.45, 2.75) is 24.9 Å². The summed E-state index contributed by atoms with van der Waals surface area (Å²) in [6.07, 6.45) is 0.177. The van der Waals surface area contributed by atoms with Crippen LogP contribution in [-0.2, 0) is 14.3 Å². The van der Waals surface area contributed by atoms with Crippen molar-refractivity contribution < 1.29 is 24.2 Å². The molecule has 0 spiro atoms. The van der Waals surface area contributed by atoms with E-state index in [0.717, 1.165) is 11.1 Å². The van der Waals surface area contributed by atoms with Crippen LogP contribution >= 0.6 is 0 Å². The highest BCUT2D eigenvalue weighted by Gasteiger charge is 2.31. The fourth-order valence-electron chi connectivity index (χ4n) is 2.93. The summed E-state index contributed by atoms with van der Waals surface area (Å²) in [6, 6.07) is 13.8. The molecule has 0 amide bonds. The number of hydrogen-bond donors (Lipinski definition) is 2. The molecule has 0 fully saturated rings. The number of carboxylic acids is 1. The van der Waals surface area contributed by atoms with Gasteiger partial charge in [0.25, 0.3) is 0 Å². The van der Waals surface area contributed by atoms with Gasteiger partial charge in [-0.1, -0.05) is 36.4 Å². The molecular weight excluding hydrogens is 322 g/mol. The number of hydrogen-bond acceptors (Lipinski definition) is 5. The van der Waals surface area contributed by atoms with Crippen molar-refractivity contribution in [3.8, 4) is 11.5 Å². The van der Waals surface area contributed by atoms with E-state index in [-0.39, 0.29) is 18.9 Å². The minimum absolute atomic E-state index is 0.0347. The number of carbonyl (C=O) groups is 2. The number of methoxy groups -OCH3 is 1. The Morgan fingerprint density at radius 3 is 2.20 bits per heavy atom. The van der Waals surface area contributed by atoms with Crippen molar-refractivity contribution in [1.82, 2.24) is 5.32 Å². The van der Waals surface area contributed by atoms with Crippen molar-refractivity contribution in [3.05, 3.63) is 59.7 Å². The molecule has 130 valence electrons. The summed E-state index contributed by atoms with van der Waals surface area (Å²) in [7, 11) is 1.29. The first-order valence-corrected chi connectivity index (χ1v) is 8.01. The number of ether oxygens (including phenoxy) is 2. The maximum Gasteiger partial charge on any atom is 0.320 e. The largest absolute Gasteiger partial charge is 0.480 e. The van der Waals surface area contributed by atoms with Crippen LogP contribution in [0.25, 0.3) is 0 Å². The summed E-state index contributed by atoms with van der Waals surface area (Å²) >= 11 is 0. The van der Waals surface area contributed by atoms with Gasteiger partial charge in [-0.05, 0) is 18.6 Å². The second-order valence-corrected chi connectivity index (χ2v) is 5.78. The summed E-state index contributed by atoms with van der Waals surface area (Å²) in [5.41, 5.74) is 1.73. The van der Waals surface area contributed by atoms with Crippen molar-refractivity contribution >= 4 is 11.9 Å². The van der Waals surface area contributed by atoms with E-state index in [0.29, 0.717) is 11.5 Å². The standard InChI is InChI=1S/C19H19NO5/c1-24-17(21)11-10-14(19(22)23)20-18-12-6-2-4-8-15(12)25-16-9-5-3-7-13(16)18/h2-9,14,18,20H,10-11H2,1H3,(H,22,23)/t14-/m0/s1.